The Morgan fingerprint density at radius 3 is 2.16 bits per heavy atom. The molecule has 3 N–H and O–H groups in total. The Kier molecular flexibility index (Phi) is 8.02. The first kappa shape index (κ1) is 27.2. The molecule has 198 valence electrons. The molecule has 1 aliphatic heterocycles. The Balaban J connectivity index is 1.35. The number of aliphatic hydroxyl groups is 1. The number of benzene rings is 2. The zero-order valence-corrected chi connectivity index (χ0v) is 22.8. The number of nitrogens with one attached hydrogen (secondary N) is 2. The highest BCUT2D eigenvalue weighted by Gasteiger charge is 2.34. The van der Waals surface area contributed by atoms with Crippen LogP contribution in [0.25, 0.3) is 5.57 Å². The molecule has 1 saturated carbocycles. The molecule has 2 aromatic rings. The van der Waals surface area contributed by atoms with Gasteiger partial charge in [-0.1, -0.05) is 42.5 Å². The molecule has 0 saturated heterocycles. The Bertz CT molecular complexity index is 1280. The number of hydrogen-bond donors (Lipinski definition) is 3. The summed E-state index contributed by atoms with van der Waals surface area (Å²) in [5, 5.41) is 13.7. The maximum Gasteiger partial charge on any atom is 0.240 e. The van der Waals surface area contributed by atoms with Gasteiger partial charge < -0.3 is 10.4 Å². The van der Waals surface area contributed by atoms with Crippen LogP contribution in [0.5, 0.6) is 0 Å². The van der Waals surface area contributed by atoms with Crippen molar-refractivity contribution >= 4 is 27.2 Å². The van der Waals surface area contributed by atoms with E-state index in [1.54, 1.807) is 26.0 Å². The van der Waals surface area contributed by atoms with Crippen molar-refractivity contribution in [1.29, 1.82) is 0 Å². The summed E-state index contributed by atoms with van der Waals surface area (Å²) in [7, 11) is -3.67. The summed E-state index contributed by atoms with van der Waals surface area (Å²) in [5.74, 6) is -0.329. The number of aliphatic imine (C=N–C) groups is 1. The number of hydrogen-bond acceptors (Lipinski definition) is 5. The third-order valence-electron chi connectivity index (χ3n) is 7.34. The molecule has 2 aromatic carbocycles. The molecule has 1 heterocycles. The second-order valence-electron chi connectivity index (χ2n) is 10.8. The number of sulfonamides is 1. The molecule has 0 aromatic heterocycles. The predicted octanol–water partition coefficient (Wildman–Crippen LogP) is 4.40. The van der Waals surface area contributed by atoms with Gasteiger partial charge in [0.2, 0.25) is 15.9 Å². The van der Waals surface area contributed by atoms with Crippen molar-refractivity contribution in [2.75, 3.05) is 6.54 Å². The lowest BCUT2D eigenvalue weighted by Gasteiger charge is -2.34. The van der Waals surface area contributed by atoms with Crippen molar-refractivity contribution in [2.24, 2.45) is 10.9 Å². The normalized spacial score (nSPS) is 21.5. The molecule has 0 spiro atoms. The lowest BCUT2D eigenvalue weighted by Crippen LogP contribution is -2.46. The van der Waals surface area contributed by atoms with Gasteiger partial charge in [-0.2, -0.15) is 0 Å². The van der Waals surface area contributed by atoms with Crippen LogP contribution in [0, 0.1) is 5.92 Å². The molecular weight excluding hydrogens is 486 g/mol. The van der Waals surface area contributed by atoms with E-state index in [2.05, 4.69) is 15.0 Å². The lowest BCUT2D eigenvalue weighted by atomic mass is 9.84. The van der Waals surface area contributed by atoms with Crippen molar-refractivity contribution in [2.45, 2.75) is 76.0 Å². The third-order valence-corrected chi connectivity index (χ3v) is 8.88. The van der Waals surface area contributed by atoms with Gasteiger partial charge in [-0.25, -0.2) is 13.1 Å². The highest BCUT2D eigenvalue weighted by atomic mass is 32.2. The van der Waals surface area contributed by atoms with Crippen LogP contribution in [0.1, 0.15) is 70.5 Å². The van der Waals surface area contributed by atoms with Crippen molar-refractivity contribution in [3.63, 3.8) is 0 Å². The molecule has 1 amide bonds. The minimum Gasteiger partial charge on any atom is -0.388 e. The first-order chi connectivity index (χ1) is 17.5. The smallest absolute Gasteiger partial charge is 0.240 e. The monoisotopic (exact) mass is 523 g/mol. The maximum absolute atomic E-state index is 13.1. The van der Waals surface area contributed by atoms with Gasteiger partial charge in [-0.15, -0.1) is 0 Å². The van der Waals surface area contributed by atoms with Gasteiger partial charge in [-0.3, -0.25) is 9.79 Å². The van der Waals surface area contributed by atoms with E-state index in [1.165, 1.54) is 5.57 Å². The molecule has 0 radical (unpaired) electrons. The number of amides is 1. The third kappa shape index (κ3) is 6.37. The second-order valence-corrected chi connectivity index (χ2v) is 12.5. The van der Waals surface area contributed by atoms with Gasteiger partial charge in [-0.05, 0) is 82.2 Å². The number of carbonyl (C=O) groups excluding carboxylic acids is 1. The van der Waals surface area contributed by atoms with E-state index in [9.17, 15) is 18.3 Å². The van der Waals surface area contributed by atoms with Crippen LogP contribution in [0.4, 0.5) is 0 Å². The molecule has 0 bridgehead atoms. The molecule has 1 atom stereocenters. The Labute approximate surface area is 220 Å². The highest BCUT2D eigenvalue weighted by molar-refractivity contribution is 7.89. The van der Waals surface area contributed by atoms with Gasteiger partial charge in [0.05, 0.1) is 23.1 Å². The first-order valence-electron chi connectivity index (χ1n) is 12.9. The lowest BCUT2D eigenvalue weighted by molar-refractivity contribution is -0.128. The standard InChI is InChI=1S/C29H37N3O4S/c1-19-18-30-20(2)26(19)21-12-16-25(17-13-21)37(35,36)32-24-14-10-23(11-15-24)28(33)31-27(29(3,4)34)22-8-6-5-7-9-22/h5-9,12-13,16-17,23-24,27,32,34H,10-11,14-15,18H2,1-4H3,(H,31,33)/t23?,24?,27-/m0/s1. The Hall–Kier alpha value is -2.81. The van der Waals surface area contributed by atoms with Crippen molar-refractivity contribution < 1.29 is 18.3 Å². The summed E-state index contributed by atoms with van der Waals surface area (Å²) in [6.07, 6.45) is 2.32. The van der Waals surface area contributed by atoms with Crippen LogP contribution in [-0.4, -0.2) is 43.3 Å². The molecule has 7 nitrogen and oxygen atoms in total. The molecule has 1 fully saturated rings. The fourth-order valence-electron chi connectivity index (χ4n) is 5.29. The molecule has 4 rings (SSSR count). The van der Waals surface area contributed by atoms with Gasteiger partial charge in [0.15, 0.2) is 0 Å². The summed E-state index contributed by atoms with van der Waals surface area (Å²) in [4.78, 5) is 17.7. The fourth-order valence-corrected chi connectivity index (χ4v) is 6.60. The summed E-state index contributed by atoms with van der Waals surface area (Å²) in [6.45, 7) is 8.08. The van der Waals surface area contributed by atoms with E-state index in [0.29, 0.717) is 32.2 Å². The SMILES string of the molecule is CC1=NCC(C)=C1c1ccc(S(=O)(=O)NC2CCC(C(=O)N[C@@H](c3ccccc3)C(C)(C)O)CC2)cc1. The number of rotatable bonds is 8. The van der Waals surface area contributed by atoms with E-state index in [-0.39, 0.29) is 22.8 Å². The Morgan fingerprint density at radius 2 is 1.62 bits per heavy atom. The average molecular weight is 524 g/mol. The first-order valence-corrected chi connectivity index (χ1v) is 14.4. The van der Waals surface area contributed by atoms with Crippen LogP contribution in [0.2, 0.25) is 0 Å². The topological polar surface area (TPSA) is 108 Å². The van der Waals surface area contributed by atoms with E-state index in [4.69, 9.17) is 0 Å². The molecular formula is C29H37N3O4S. The summed E-state index contributed by atoms with van der Waals surface area (Å²) in [6, 6.07) is 15.7. The second kappa shape index (κ2) is 10.9. The fraction of sp³-hybridized carbons (Fsp3) is 0.448. The predicted molar refractivity (Wildman–Crippen MR) is 147 cm³/mol. The van der Waals surface area contributed by atoms with Gasteiger partial charge in [0.25, 0.3) is 0 Å². The zero-order valence-electron chi connectivity index (χ0n) is 22.0. The largest absolute Gasteiger partial charge is 0.388 e. The van der Waals surface area contributed by atoms with E-state index >= 15 is 0 Å². The maximum atomic E-state index is 13.1. The van der Waals surface area contributed by atoms with Crippen LogP contribution in [-0.2, 0) is 14.8 Å². The van der Waals surface area contributed by atoms with Crippen LogP contribution in [0.3, 0.4) is 0 Å². The molecule has 8 heteroatoms. The molecule has 37 heavy (non-hydrogen) atoms. The zero-order chi connectivity index (χ0) is 26.8. The van der Waals surface area contributed by atoms with E-state index in [1.807, 2.05) is 56.3 Å². The van der Waals surface area contributed by atoms with E-state index in [0.717, 1.165) is 22.4 Å². The minimum absolute atomic E-state index is 0.108. The summed E-state index contributed by atoms with van der Waals surface area (Å²) < 4.78 is 28.9. The van der Waals surface area contributed by atoms with Gasteiger partial charge in [0.1, 0.15) is 0 Å². The quantitative estimate of drug-likeness (QED) is 0.477. The van der Waals surface area contributed by atoms with Crippen molar-refractivity contribution in [3.8, 4) is 0 Å². The van der Waals surface area contributed by atoms with Gasteiger partial charge in [0, 0.05) is 23.2 Å². The van der Waals surface area contributed by atoms with E-state index < -0.39 is 21.7 Å². The van der Waals surface area contributed by atoms with Gasteiger partial charge >= 0.3 is 0 Å². The van der Waals surface area contributed by atoms with Crippen molar-refractivity contribution in [3.05, 3.63) is 71.3 Å². The average Bonchev–Trinajstić information content (AvgIpc) is 3.20. The summed E-state index contributed by atoms with van der Waals surface area (Å²) in [5.41, 5.74) is 3.94. The minimum atomic E-state index is -3.67. The van der Waals surface area contributed by atoms with Crippen LogP contribution in [0.15, 0.2) is 70.1 Å². The molecule has 1 aliphatic carbocycles. The number of carbonyl (C=O) groups is 1. The molecule has 0 unspecified atom stereocenters. The number of nitrogens with zero attached hydrogens (tertiary/aromatic N) is 1. The Morgan fingerprint density at radius 1 is 1.00 bits per heavy atom. The van der Waals surface area contributed by atoms with Crippen molar-refractivity contribution in [1.82, 2.24) is 10.0 Å². The molecule has 2 aliphatic rings. The highest BCUT2D eigenvalue weighted by Crippen LogP contribution is 2.30. The number of allylic oxidation sites excluding steroid dienone is 1. The summed E-state index contributed by atoms with van der Waals surface area (Å²) >= 11 is 0. The van der Waals surface area contributed by atoms with Crippen LogP contribution >= 0.6 is 0 Å². The van der Waals surface area contributed by atoms with Crippen LogP contribution < -0.4 is 10.0 Å².